The SMILES string of the molecule is O=S(=O)(N[C@]12CCC[C@H]1CNC2)c1cc2cc(F)ccc2o1. The molecule has 1 aliphatic carbocycles. The van der Waals surface area contributed by atoms with Crippen LogP contribution in [0.3, 0.4) is 0 Å². The number of benzene rings is 1. The van der Waals surface area contributed by atoms with Gasteiger partial charge >= 0.3 is 0 Å². The third-order valence-electron chi connectivity index (χ3n) is 4.85. The van der Waals surface area contributed by atoms with Crippen LogP contribution in [-0.2, 0) is 10.0 Å². The van der Waals surface area contributed by atoms with E-state index in [0.717, 1.165) is 25.8 Å². The minimum absolute atomic E-state index is 0.153. The van der Waals surface area contributed by atoms with Crippen molar-refractivity contribution in [2.24, 2.45) is 5.92 Å². The zero-order valence-electron chi connectivity index (χ0n) is 11.9. The molecular formula is C15H17FN2O3S. The average Bonchev–Trinajstić information content (AvgIpc) is 3.10. The van der Waals surface area contributed by atoms with Crippen molar-refractivity contribution < 1.29 is 17.2 Å². The van der Waals surface area contributed by atoms with Crippen molar-refractivity contribution in [3.63, 3.8) is 0 Å². The second-order valence-corrected chi connectivity index (χ2v) is 7.84. The van der Waals surface area contributed by atoms with E-state index in [-0.39, 0.29) is 5.09 Å². The summed E-state index contributed by atoms with van der Waals surface area (Å²) in [5.41, 5.74) is -0.0462. The summed E-state index contributed by atoms with van der Waals surface area (Å²) in [7, 11) is -3.76. The Bertz CT molecular complexity index is 820. The molecule has 5 nitrogen and oxygen atoms in total. The van der Waals surface area contributed by atoms with Crippen molar-refractivity contribution in [3.8, 4) is 0 Å². The molecule has 2 atom stereocenters. The number of nitrogens with one attached hydrogen (secondary N) is 2. The van der Waals surface area contributed by atoms with Gasteiger partial charge in [0, 0.05) is 23.5 Å². The van der Waals surface area contributed by atoms with E-state index < -0.39 is 21.4 Å². The van der Waals surface area contributed by atoms with Crippen LogP contribution in [0.25, 0.3) is 11.0 Å². The fraction of sp³-hybridized carbons (Fsp3) is 0.467. The van der Waals surface area contributed by atoms with Crippen molar-refractivity contribution in [1.29, 1.82) is 0 Å². The highest BCUT2D eigenvalue weighted by atomic mass is 32.2. The van der Waals surface area contributed by atoms with Gasteiger partial charge in [-0.25, -0.2) is 17.5 Å². The summed E-state index contributed by atoms with van der Waals surface area (Å²) >= 11 is 0. The highest BCUT2D eigenvalue weighted by Gasteiger charge is 2.49. The van der Waals surface area contributed by atoms with Crippen molar-refractivity contribution in [2.45, 2.75) is 29.9 Å². The first-order valence-corrected chi connectivity index (χ1v) is 8.91. The van der Waals surface area contributed by atoms with Crippen LogP contribution < -0.4 is 10.0 Å². The smallest absolute Gasteiger partial charge is 0.274 e. The Labute approximate surface area is 127 Å². The molecule has 1 saturated heterocycles. The van der Waals surface area contributed by atoms with Gasteiger partial charge in [0.2, 0.25) is 5.09 Å². The molecule has 2 aliphatic rings. The third-order valence-corrected chi connectivity index (χ3v) is 6.25. The number of hydrogen-bond donors (Lipinski definition) is 2. The molecule has 1 aliphatic heterocycles. The van der Waals surface area contributed by atoms with Gasteiger partial charge in [-0.1, -0.05) is 6.42 Å². The average molecular weight is 324 g/mol. The van der Waals surface area contributed by atoms with Crippen molar-refractivity contribution in [2.75, 3.05) is 13.1 Å². The van der Waals surface area contributed by atoms with Gasteiger partial charge in [-0.3, -0.25) is 0 Å². The van der Waals surface area contributed by atoms with E-state index in [1.807, 2.05) is 0 Å². The van der Waals surface area contributed by atoms with Crippen LogP contribution in [-0.4, -0.2) is 27.0 Å². The van der Waals surface area contributed by atoms with Gasteiger partial charge in [-0.15, -0.1) is 0 Å². The molecule has 118 valence electrons. The topological polar surface area (TPSA) is 71.3 Å². The summed E-state index contributed by atoms with van der Waals surface area (Å²) in [5.74, 6) is -0.0938. The molecule has 0 spiro atoms. The molecule has 7 heteroatoms. The van der Waals surface area contributed by atoms with E-state index in [2.05, 4.69) is 10.0 Å². The molecule has 0 amide bonds. The van der Waals surface area contributed by atoms with Crippen LogP contribution in [0.15, 0.2) is 33.8 Å². The van der Waals surface area contributed by atoms with Gasteiger partial charge in [0.25, 0.3) is 10.0 Å². The van der Waals surface area contributed by atoms with Gasteiger partial charge < -0.3 is 9.73 Å². The lowest BCUT2D eigenvalue weighted by Crippen LogP contribution is -2.51. The number of fused-ring (bicyclic) bond motifs is 2. The highest BCUT2D eigenvalue weighted by Crippen LogP contribution is 2.39. The standard InChI is InChI=1S/C15H17FN2O3S/c16-12-3-4-13-10(6-12)7-14(21-13)22(19,20)18-15-5-1-2-11(15)8-17-9-15/h3-4,6-7,11,17-18H,1-2,5,8-9H2/t11-,15-/m0/s1. The van der Waals surface area contributed by atoms with Gasteiger partial charge in [0.1, 0.15) is 11.4 Å². The molecule has 2 heterocycles. The van der Waals surface area contributed by atoms with Crippen LogP contribution in [0, 0.1) is 11.7 Å². The summed E-state index contributed by atoms with van der Waals surface area (Å²) in [4.78, 5) is 0. The first-order valence-electron chi connectivity index (χ1n) is 7.42. The summed E-state index contributed by atoms with van der Waals surface area (Å²) in [6.07, 6.45) is 2.89. The van der Waals surface area contributed by atoms with Crippen molar-refractivity contribution in [3.05, 3.63) is 30.1 Å². The molecule has 1 aromatic carbocycles. The van der Waals surface area contributed by atoms with E-state index in [4.69, 9.17) is 4.42 Å². The second kappa shape index (κ2) is 4.78. The van der Waals surface area contributed by atoms with E-state index in [0.29, 0.717) is 23.4 Å². The van der Waals surface area contributed by atoms with Gasteiger partial charge in [0.15, 0.2) is 0 Å². The summed E-state index contributed by atoms with van der Waals surface area (Å²) in [6, 6.07) is 5.34. The van der Waals surface area contributed by atoms with Crippen LogP contribution in [0.4, 0.5) is 4.39 Å². The predicted octanol–water partition coefficient (Wildman–Crippen LogP) is 1.99. The minimum Gasteiger partial charge on any atom is -0.443 e. The highest BCUT2D eigenvalue weighted by molar-refractivity contribution is 7.89. The summed E-state index contributed by atoms with van der Waals surface area (Å²) in [5, 5.41) is 3.56. The maximum absolute atomic E-state index is 13.2. The fourth-order valence-electron chi connectivity index (χ4n) is 3.75. The lowest BCUT2D eigenvalue weighted by Gasteiger charge is -2.28. The quantitative estimate of drug-likeness (QED) is 0.906. The van der Waals surface area contributed by atoms with Gasteiger partial charge in [-0.2, -0.15) is 0 Å². The predicted molar refractivity (Wildman–Crippen MR) is 79.4 cm³/mol. The number of halogens is 1. The van der Waals surface area contributed by atoms with E-state index in [9.17, 15) is 12.8 Å². The molecule has 0 unspecified atom stereocenters. The Balaban J connectivity index is 1.70. The lowest BCUT2D eigenvalue weighted by molar-refractivity contribution is 0.353. The fourth-order valence-corrected chi connectivity index (χ4v) is 5.21. The Morgan fingerprint density at radius 3 is 3.09 bits per heavy atom. The molecule has 2 N–H and O–H groups in total. The molecule has 2 fully saturated rings. The third kappa shape index (κ3) is 2.15. The van der Waals surface area contributed by atoms with Gasteiger partial charge in [-0.05, 0) is 43.5 Å². The van der Waals surface area contributed by atoms with Crippen molar-refractivity contribution >= 4 is 21.0 Å². The number of furan rings is 1. The van der Waals surface area contributed by atoms with E-state index in [1.165, 1.54) is 24.3 Å². The first-order chi connectivity index (χ1) is 10.5. The van der Waals surface area contributed by atoms with Crippen LogP contribution in [0.2, 0.25) is 0 Å². The largest absolute Gasteiger partial charge is 0.443 e. The molecule has 1 aromatic heterocycles. The van der Waals surface area contributed by atoms with Crippen LogP contribution >= 0.6 is 0 Å². The maximum Gasteiger partial charge on any atom is 0.274 e. The molecule has 1 saturated carbocycles. The molecule has 0 bridgehead atoms. The van der Waals surface area contributed by atoms with Gasteiger partial charge in [0.05, 0.1) is 0 Å². The summed E-state index contributed by atoms with van der Waals surface area (Å²) in [6.45, 7) is 1.49. The molecule has 4 rings (SSSR count). The van der Waals surface area contributed by atoms with Crippen molar-refractivity contribution in [1.82, 2.24) is 10.0 Å². The monoisotopic (exact) mass is 324 g/mol. The minimum atomic E-state index is -3.76. The molecule has 0 radical (unpaired) electrons. The number of rotatable bonds is 3. The Morgan fingerprint density at radius 1 is 1.36 bits per heavy atom. The Morgan fingerprint density at radius 2 is 2.23 bits per heavy atom. The number of sulfonamides is 1. The van der Waals surface area contributed by atoms with E-state index >= 15 is 0 Å². The van der Waals surface area contributed by atoms with E-state index in [1.54, 1.807) is 0 Å². The number of hydrogen-bond acceptors (Lipinski definition) is 4. The maximum atomic E-state index is 13.2. The zero-order chi connectivity index (χ0) is 15.4. The lowest BCUT2D eigenvalue weighted by atomic mass is 9.92. The Kier molecular flexibility index (Phi) is 3.08. The molecule has 2 aromatic rings. The van der Waals surface area contributed by atoms with Crippen LogP contribution in [0.1, 0.15) is 19.3 Å². The normalized spacial score (nSPS) is 28.3. The zero-order valence-corrected chi connectivity index (χ0v) is 12.7. The first kappa shape index (κ1) is 14.2. The molecular weight excluding hydrogens is 307 g/mol. The Hall–Kier alpha value is -1.44. The molecule has 22 heavy (non-hydrogen) atoms. The van der Waals surface area contributed by atoms with Crippen LogP contribution in [0.5, 0.6) is 0 Å². The second-order valence-electron chi connectivity index (χ2n) is 6.23. The summed E-state index contributed by atoms with van der Waals surface area (Å²) < 4.78 is 46.8.